The molecular formula is C16H18FN3O3S. The molecule has 0 spiro atoms. The minimum atomic E-state index is -3.78. The van der Waals surface area contributed by atoms with Gasteiger partial charge in [-0.2, -0.15) is 0 Å². The molecule has 0 bridgehead atoms. The second-order valence-electron chi connectivity index (χ2n) is 5.59. The third kappa shape index (κ3) is 4.14. The first-order valence-electron chi connectivity index (χ1n) is 7.72. The predicted molar refractivity (Wildman–Crippen MR) is 85.0 cm³/mol. The second-order valence-corrected chi connectivity index (χ2v) is 7.35. The topological polar surface area (TPSA) is 81.2 Å². The largest absolute Gasteiger partial charge is 0.370 e. The summed E-state index contributed by atoms with van der Waals surface area (Å²) in [5.41, 5.74) is 0.620. The molecule has 1 aliphatic rings. The lowest BCUT2D eigenvalue weighted by Crippen LogP contribution is -2.23. The molecule has 1 fully saturated rings. The van der Waals surface area contributed by atoms with E-state index in [-0.39, 0.29) is 17.5 Å². The summed E-state index contributed by atoms with van der Waals surface area (Å²) < 4.78 is 45.5. The number of hydrogen-bond donors (Lipinski definition) is 1. The van der Waals surface area contributed by atoms with E-state index >= 15 is 0 Å². The van der Waals surface area contributed by atoms with Crippen molar-refractivity contribution in [3.63, 3.8) is 0 Å². The Kier molecular flexibility index (Phi) is 5.17. The minimum absolute atomic E-state index is 0.0324. The minimum Gasteiger partial charge on any atom is -0.370 e. The van der Waals surface area contributed by atoms with Gasteiger partial charge in [0, 0.05) is 31.1 Å². The molecule has 0 saturated carbocycles. The fourth-order valence-electron chi connectivity index (χ4n) is 2.46. The van der Waals surface area contributed by atoms with Gasteiger partial charge in [0.2, 0.25) is 10.0 Å². The van der Waals surface area contributed by atoms with Crippen LogP contribution in [0.4, 0.5) is 4.39 Å². The number of rotatable bonds is 5. The summed E-state index contributed by atoms with van der Waals surface area (Å²) in [6, 6.07) is 4.86. The Morgan fingerprint density at radius 2 is 2.04 bits per heavy atom. The van der Waals surface area contributed by atoms with Gasteiger partial charge in [-0.15, -0.1) is 0 Å². The van der Waals surface area contributed by atoms with Crippen LogP contribution in [0.15, 0.2) is 41.6 Å². The molecule has 1 aromatic heterocycles. The van der Waals surface area contributed by atoms with Gasteiger partial charge in [0.05, 0.1) is 4.90 Å². The molecule has 128 valence electrons. The molecule has 1 aromatic carbocycles. The maximum atomic E-state index is 13.2. The Labute approximate surface area is 140 Å². The van der Waals surface area contributed by atoms with E-state index in [1.807, 2.05) is 0 Å². The lowest BCUT2D eigenvalue weighted by molar-refractivity contribution is 0.00940. The Morgan fingerprint density at radius 3 is 2.71 bits per heavy atom. The Bertz CT molecular complexity index is 790. The van der Waals surface area contributed by atoms with Gasteiger partial charge in [0.1, 0.15) is 11.9 Å². The summed E-state index contributed by atoms with van der Waals surface area (Å²) in [5, 5.41) is 0. The standard InChI is InChI=1S/C16H18FN3O3S/c17-13-4-3-5-14(8-13)24(21,22)20-11-12-9-18-16(19-10-12)15-6-1-2-7-23-15/h3-5,8-10,15,20H,1-2,6-7,11H2/t15-/m1/s1. The molecule has 0 amide bonds. The van der Waals surface area contributed by atoms with Crippen LogP contribution < -0.4 is 4.72 Å². The van der Waals surface area contributed by atoms with E-state index in [1.54, 1.807) is 12.4 Å². The number of halogens is 1. The molecule has 0 aliphatic carbocycles. The fraction of sp³-hybridized carbons (Fsp3) is 0.375. The summed E-state index contributed by atoms with van der Waals surface area (Å²) in [6.45, 7) is 0.744. The number of ether oxygens (including phenoxy) is 1. The first-order chi connectivity index (χ1) is 11.5. The molecule has 6 nitrogen and oxygen atoms in total. The van der Waals surface area contributed by atoms with Crippen LogP contribution in [-0.4, -0.2) is 25.0 Å². The van der Waals surface area contributed by atoms with Gasteiger partial charge in [-0.3, -0.25) is 0 Å². The van der Waals surface area contributed by atoms with Crippen LogP contribution in [0.5, 0.6) is 0 Å². The van der Waals surface area contributed by atoms with Crippen LogP contribution in [0.1, 0.15) is 36.8 Å². The molecule has 0 radical (unpaired) electrons. The summed E-state index contributed by atoms with van der Waals surface area (Å²) in [7, 11) is -3.78. The highest BCUT2D eigenvalue weighted by Gasteiger charge is 2.19. The number of nitrogens with one attached hydrogen (secondary N) is 1. The highest BCUT2D eigenvalue weighted by molar-refractivity contribution is 7.89. The third-order valence-corrected chi connectivity index (χ3v) is 5.16. The Balaban J connectivity index is 1.64. The van der Waals surface area contributed by atoms with E-state index in [1.165, 1.54) is 18.2 Å². The van der Waals surface area contributed by atoms with Crippen molar-refractivity contribution in [3.05, 3.63) is 53.9 Å². The SMILES string of the molecule is O=S(=O)(NCc1cnc([C@H]2CCCCO2)nc1)c1cccc(F)c1. The molecule has 1 aliphatic heterocycles. The van der Waals surface area contributed by atoms with Crippen LogP contribution in [-0.2, 0) is 21.3 Å². The van der Waals surface area contributed by atoms with Crippen LogP contribution in [0.25, 0.3) is 0 Å². The zero-order valence-corrected chi connectivity index (χ0v) is 13.8. The van der Waals surface area contributed by atoms with Crippen LogP contribution >= 0.6 is 0 Å². The van der Waals surface area contributed by atoms with Crippen molar-refractivity contribution in [3.8, 4) is 0 Å². The number of aromatic nitrogens is 2. The van der Waals surface area contributed by atoms with Crippen LogP contribution in [0.3, 0.4) is 0 Å². The zero-order chi connectivity index (χ0) is 17.0. The summed E-state index contributed by atoms with van der Waals surface area (Å²) in [5.74, 6) is 0.0180. The van der Waals surface area contributed by atoms with Gasteiger partial charge >= 0.3 is 0 Å². The van der Waals surface area contributed by atoms with Gasteiger partial charge in [-0.25, -0.2) is 27.5 Å². The lowest BCUT2D eigenvalue weighted by Gasteiger charge is -2.21. The van der Waals surface area contributed by atoms with Gasteiger partial charge in [0.25, 0.3) is 0 Å². The number of sulfonamides is 1. The van der Waals surface area contributed by atoms with Crippen molar-refractivity contribution in [2.45, 2.75) is 36.8 Å². The molecule has 1 saturated heterocycles. The number of hydrogen-bond acceptors (Lipinski definition) is 5. The summed E-state index contributed by atoms with van der Waals surface area (Å²) >= 11 is 0. The van der Waals surface area contributed by atoms with Crippen molar-refractivity contribution in [1.29, 1.82) is 0 Å². The maximum absolute atomic E-state index is 13.2. The molecule has 1 N–H and O–H groups in total. The molecule has 8 heteroatoms. The van der Waals surface area contributed by atoms with E-state index in [0.29, 0.717) is 18.0 Å². The maximum Gasteiger partial charge on any atom is 0.240 e. The molecule has 0 unspecified atom stereocenters. The third-order valence-electron chi connectivity index (χ3n) is 3.77. The number of benzene rings is 1. The molecule has 3 rings (SSSR count). The summed E-state index contributed by atoms with van der Waals surface area (Å²) in [4.78, 5) is 8.40. The second kappa shape index (κ2) is 7.33. The highest BCUT2D eigenvalue weighted by Crippen LogP contribution is 2.24. The van der Waals surface area contributed by atoms with Crippen LogP contribution in [0.2, 0.25) is 0 Å². The van der Waals surface area contributed by atoms with Gasteiger partial charge in [-0.1, -0.05) is 6.07 Å². The highest BCUT2D eigenvalue weighted by atomic mass is 32.2. The molecule has 24 heavy (non-hydrogen) atoms. The monoisotopic (exact) mass is 351 g/mol. The normalized spacial score (nSPS) is 18.5. The van der Waals surface area contributed by atoms with Crippen molar-refractivity contribution in [1.82, 2.24) is 14.7 Å². The average Bonchev–Trinajstić information content (AvgIpc) is 2.61. The molecule has 1 atom stereocenters. The first-order valence-corrected chi connectivity index (χ1v) is 9.20. The van der Waals surface area contributed by atoms with E-state index in [9.17, 15) is 12.8 Å². The summed E-state index contributed by atoms with van der Waals surface area (Å²) in [6.07, 6.45) is 6.10. The van der Waals surface area contributed by atoms with Gasteiger partial charge in [0.15, 0.2) is 5.82 Å². The quantitative estimate of drug-likeness (QED) is 0.894. The van der Waals surface area contributed by atoms with Crippen LogP contribution in [0, 0.1) is 5.82 Å². The fourth-order valence-corrected chi connectivity index (χ4v) is 3.51. The van der Waals surface area contributed by atoms with E-state index in [0.717, 1.165) is 25.3 Å². The first kappa shape index (κ1) is 16.9. The van der Waals surface area contributed by atoms with E-state index < -0.39 is 15.8 Å². The lowest BCUT2D eigenvalue weighted by atomic mass is 10.1. The molecular weight excluding hydrogens is 333 g/mol. The van der Waals surface area contributed by atoms with Crippen molar-refractivity contribution in [2.24, 2.45) is 0 Å². The average molecular weight is 351 g/mol. The van der Waals surface area contributed by atoms with Gasteiger partial charge in [-0.05, 0) is 37.5 Å². The molecule has 2 heterocycles. The predicted octanol–water partition coefficient (Wildman–Crippen LogP) is 2.34. The zero-order valence-electron chi connectivity index (χ0n) is 13.0. The number of nitrogens with zero attached hydrogens (tertiary/aromatic N) is 2. The van der Waals surface area contributed by atoms with E-state index in [2.05, 4.69) is 14.7 Å². The van der Waals surface area contributed by atoms with Crippen molar-refractivity contribution in [2.75, 3.05) is 6.61 Å². The molecule has 2 aromatic rings. The van der Waals surface area contributed by atoms with E-state index in [4.69, 9.17) is 4.74 Å². The Morgan fingerprint density at radius 1 is 1.25 bits per heavy atom. The van der Waals surface area contributed by atoms with Gasteiger partial charge < -0.3 is 4.74 Å². The van der Waals surface area contributed by atoms with Crippen molar-refractivity contribution >= 4 is 10.0 Å². The Hall–Kier alpha value is -1.90. The van der Waals surface area contributed by atoms with Crippen molar-refractivity contribution < 1.29 is 17.5 Å². The smallest absolute Gasteiger partial charge is 0.240 e.